The number of unbranched alkanes of at least 4 members (excludes halogenated alkanes) is 2. The van der Waals surface area contributed by atoms with Gasteiger partial charge >= 0.3 is 0 Å². The molecule has 1 aromatic heterocycles. The van der Waals surface area contributed by atoms with E-state index >= 15 is 0 Å². The Morgan fingerprint density at radius 1 is 1.06 bits per heavy atom. The van der Waals surface area contributed by atoms with Gasteiger partial charge in [0, 0.05) is 19.6 Å². The summed E-state index contributed by atoms with van der Waals surface area (Å²) in [6.07, 6.45) is 8.48. The van der Waals surface area contributed by atoms with Gasteiger partial charge in [-0.25, -0.2) is 4.98 Å². The molecule has 0 fully saturated rings. The summed E-state index contributed by atoms with van der Waals surface area (Å²) in [6, 6.07) is 0. The molecule has 4 heteroatoms. The Hall–Kier alpha value is -1.32. The van der Waals surface area contributed by atoms with Crippen molar-refractivity contribution in [3.8, 4) is 0 Å². The van der Waals surface area contributed by atoms with Gasteiger partial charge in [0.2, 0.25) is 0 Å². The molecule has 1 aromatic rings. The summed E-state index contributed by atoms with van der Waals surface area (Å²) in [5.74, 6) is 1.86. The second kappa shape index (κ2) is 8.72. The highest BCUT2D eigenvalue weighted by Gasteiger charge is 2.08. The van der Waals surface area contributed by atoms with E-state index in [-0.39, 0.29) is 0 Å². The maximum Gasteiger partial charge on any atom is 0.149 e. The molecule has 0 aliphatic carbocycles. The van der Waals surface area contributed by atoms with Crippen LogP contribution in [0.3, 0.4) is 0 Å². The van der Waals surface area contributed by atoms with Crippen molar-refractivity contribution < 1.29 is 0 Å². The predicted octanol–water partition coefficient (Wildman–Crippen LogP) is 3.32. The molecule has 0 aromatic carbocycles. The van der Waals surface area contributed by atoms with E-state index in [0.29, 0.717) is 0 Å². The van der Waals surface area contributed by atoms with Gasteiger partial charge in [-0.2, -0.15) is 0 Å². The standard InChI is InChI=1S/C14H26N4/c1-4-7-9-18(10-8-5-2)14-12-15-11-13(17-14)16-6-3/h11-12H,4-10H2,1-3H3,(H,16,17). The predicted molar refractivity (Wildman–Crippen MR) is 78.2 cm³/mol. The summed E-state index contributed by atoms with van der Waals surface area (Å²) in [4.78, 5) is 11.2. The molecule has 0 saturated heterocycles. The van der Waals surface area contributed by atoms with Gasteiger partial charge in [-0.1, -0.05) is 26.7 Å². The van der Waals surface area contributed by atoms with Crippen LogP contribution in [0.4, 0.5) is 11.6 Å². The lowest BCUT2D eigenvalue weighted by Gasteiger charge is -2.23. The van der Waals surface area contributed by atoms with Crippen LogP contribution in [0.25, 0.3) is 0 Å². The minimum Gasteiger partial charge on any atom is -0.369 e. The molecule has 0 bridgehead atoms. The van der Waals surface area contributed by atoms with Crippen LogP contribution in [0.1, 0.15) is 46.5 Å². The van der Waals surface area contributed by atoms with Crippen LogP contribution in [-0.2, 0) is 0 Å². The van der Waals surface area contributed by atoms with Crippen molar-refractivity contribution in [1.82, 2.24) is 9.97 Å². The van der Waals surface area contributed by atoms with E-state index in [9.17, 15) is 0 Å². The van der Waals surface area contributed by atoms with Crippen LogP contribution < -0.4 is 10.2 Å². The van der Waals surface area contributed by atoms with E-state index in [2.05, 4.69) is 41.0 Å². The summed E-state index contributed by atoms with van der Waals surface area (Å²) >= 11 is 0. The average Bonchev–Trinajstić information content (AvgIpc) is 2.40. The van der Waals surface area contributed by atoms with E-state index in [4.69, 9.17) is 0 Å². The summed E-state index contributed by atoms with van der Waals surface area (Å²) in [6.45, 7) is 9.53. The lowest BCUT2D eigenvalue weighted by molar-refractivity contribution is 0.670. The topological polar surface area (TPSA) is 41.1 Å². The van der Waals surface area contributed by atoms with Gasteiger partial charge in [0.25, 0.3) is 0 Å². The third-order valence-corrected chi connectivity index (χ3v) is 2.87. The molecule has 0 atom stereocenters. The lowest BCUT2D eigenvalue weighted by atomic mass is 10.2. The first-order chi connectivity index (χ1) is 8.81. The lowest BCUT2D eigenvalue weighted by Crippen LogP contribution is -2.26. The molecule has 4 nitrogen and oxygen atoms in total. The van der Waals surface area contributed by atoms with Crippen LogP contribution >= 0.6 is 0 Å². The van der Waals surface area contributed by atoms with Crippen molar-refractivity contribution in [3.05, 3.63) is 12.4 Å². The number of aromatic nitrogens is 2. The summed E-state index contributed by atoms with van der Waals surface area (Å²) in [5, 5.41) is 3.21. The molecule has 0 unspecified atom stereocenters. The molecule has 1 rings (SSSR count). The fourth-order valence-corrected chi connectivity index (χ4v) is 1.81. The average molecular weight is 250 g/mol. The van der Waals surface area contributed by atoms with Crippen molar-refractivity contribution in [3.63, 3.8) is 0 Å². The van der Waals surface area contributed by atoms with Crippen molar-refractivity contribution in [2.45, 2.75) is 46.5 Å². The van der Waals surface area contributed by atoms with Crippen LogP contribution in [0, 0.1) is 0 Å². The Labute approximate surface area is 111 Å². The summed E-state index contributed by atoms with van der Waals surface area (Å²) in [5.41, 5.74) is 0. The number of anilines is 2. The molecule has 0 amide bonds. The molecule has 1 N–H and O–H groups in total. The van der Waals surface area contributed by atoms with Gasteiger partial charge in [-0.3, -0.25) is 4.98 Å². The van der Waals surface area contributed by atoms with E-state index < -0.39 is 0 Å². The van der Waals surface area contributed by atoms with Crippen molar-refractivity contribution in [2.24, 2.45) is 0 Å². The van der Waals surface area contributed by atoms with Crippen molar-refractivity contribution in [2.75, 3.05) is 29.9 Å². The molecule has 0 spiro atoms. The quantitative estimate of drug-likeness (QED) is 0.730. The molecular formula is C14H26N4. The van der Waals surface area contributed by atoms with E-state index in [1.807, 2.05) is 6.20 Å². The van der Waals surface area contributed by atoms with Crippen molar-refractivity contribution >= 4 is 11.6 Å². The third-order valence-electron chi connectivity index (χ3n) is 2.87. The molecule has 1 heterocycles. The molecule has 0 saturated carbocycles. The fraction of sp³-hybridized carbons (Fsp3) is 0.714. The Morgan fingerprint density at radius 3 is 2.28 bits per heavy atom. The number of rotatable bonds is 9. The van der Waals surface area contributed by atoms with Crippen molar-refractivity contribution in [1.29, 1.82) is 0 Å². The molecule has 0 aliphatic rings. The molecule has 18 heavy (non-hydrogen) atoms. The molecule has 0 radical (unpaired) electrons. The van der Waals surface area contributed by atoms with E-state index in [1.54, 1.807) is 6.20 Å². The van der Waals surface area contributed by atoms with Gasteiger partial charge < -0.3 is 10.2 Å². The number of hydrogen-bond donors (Lipinski definition) is 1. The van der Waals surface area contributed by atoms with Crippen LogP contribution in [-0.4, -0.2) is 29.6 Å². The number of nitrogens with zero attached hydrogens (tertiary/aromatic N) is 3. The maximum absolute atomic E-state index is 4.62. The summed E-state index contributed by atoms with van der Waals surface area (Å²) in [7, 11) is 0. The Balaban J connectivity index is 2.72. The first kappa shape index (κ1) is 14.7. The van der Waals surface area contributed by atoms with Gasteiger partial charge in [0.15, 0.2) is 0 Å². The van der Waals surface area contributed by atoms with Gasteiger partial charge in [-0.05, 0) is 19.8 Å². The largest absolute Gasteiger partial charge is 0.369 e. The van der Waals surface area contributed by atoms with Gasteiger partial charge in [0.1, 0.15) is 11.6 Å². The second-order valence-corrected chi connectivity index (χ2v) is 4.49. The molecule has 102 valence electrons. The zero-order valence-corrected chi connectivity index (χ0v) is 11.9. The first-order valence-corrected chi connectivity index (χ1v) is 7.12. The molecular weight excluding hydrogens is 224 g/mol. The fourth-order valence-electron chi connectivity index (χ4n) is 1.81. The summed E-state index contributed by atoms with van der Waals surface area (Å²) < 4.78 is 0. The first-order valence-electron chi connectivity index (χ1n) is 7.12. The third kappa shape index (κ3) is 4.90. The second-order valence-electron chi connectivity index (χ2n) is 4.49. The minimum absolute atomic E-state index is 0.869. The zero-order valence-electron chi connectivity index (χ0n) is 11.9. The highest BCUT2D eigenvalue weighted by Crippen LogP contribution is 2.14. The SMILES string of the molecule is CCCCN(CCCC)c1cncc(NCC)n1. The van der Waals surface area contributed by atoms with E-state index in [1.165, 1.54) is 25.7 Å². The van der Waals surface area contributed by atoms with Gasteiger partial charge in [-0.15, -0.1) is 0 Å². The maximum atomic E-state index is 4.62. The highest BCUT2D eigenvalue weighted by molar-refractivity contribution is 5.43. The molecule has 0 aliphatic heterocycles. The zero-order chi connectivity index (χ0) is 13.2. The van der Waals surface area contributed by atoms with Crippen LogP contribution in [0.15, 0.2) is 12.4 Å². The van der Waals surface area contributed by atoms with Crippen LogP contribution in [0.2, 0.25) is 0 Å². The smallest absolute Gasteiger partial charge is 0.149 e. The Kier molecular flexibility index (Phi) is 7.14. The normalized spacial score (nSPS) is 10.4. The highest BCUT2D eigenvalue weighted by atomic mass is 15.2. The van der Waals surface area contributed by atoms with Crippen LogP contribution in [0.5, 0.6) is 0 Å². The Bertz CT molecular complexity index is 319. The number of hydrogen-bond acceptors (Lipinski definition) is 4. The van der Waals surface area contributed by atoms with Gasteiger partial charge in [0.05, 0.1) is 12.4 Å². The van der Waals surface area contributed by atoms with E-state index in [0.717, 1.165) is 31.3 Å². The Morgan fingerprint density at radius 2 is 1.72 bits per heavy atom. The monoisotopic (exact) mass is 250 g/mol. The number of nitrogens with one attached hydrogen (secondary N) is 1. The minimum atomic E-state index is 0.869.